The second-order valence-electron chi connectivity index (χ2n) is 6.47. The van der Waals surface area contributed by atoms with Gasteiger partial charge in [0, 0.05) is 43.3 Å². The highest BCUT2D eigenvalue weighted by atomic mass is 19.3. The van der Waals surface area contributed by atoms with Crippen molar-refractivity contribution in [1.29, 1.82) is 0 Å². The number of nitrogens with one attached hydrogen (secondary N) is 3. The van der Waals surface area contributed by atoms with Crippen LogP contribution < -0.4 is 15.4 Å². The Morgan fingerprint density at radius 3 is 2.71 bits per heavy atom. The summed E-state index contributed by atoms with van der Waals surface area (Å²) in [5.74, 6) is 0.766. The van der Waals surface area contributed by atoms with E-state index in [2.05, 4.69) is 37.5 Å². The predicted molar refractivity (Wildman–Crippen MR) is 108 cm³/mol. The van der Waals surface area contributed by atoms with E-state index in [1.54, 1.807) is 19.2 Å². The molecule has 5 nitrogen and oxygen atoms in total. The molecular weight excluding hydrogens is 362 g/mol. The number of fused-ring (bicyclic) bond motifs is 1. The van der Waals surface area contributed by atoms with Crippen LogP contribution in [0.4, 0.5) is 8.78 Å². The van der Waals surface area contributed by atoms with E-state index in [-0.39, 0.29) is 5.75 Å². The second kappa shape index (κ2) is 9.21. The van der Waals surface area contributed by atoms with E-state index in [4.69, 9.17) is 0 Å². The van der Waals surface area contributed by atoms with Gasteiger partial charge in [0.1, 0.15) is 5.75 Å². The minimum absolute atomic E-state index is 0.168. The lowest BCUT2D eigenvalue weighted by atomic mass is 10.1. The average Bonchev–Trinajstić information content (AvgIpc) is 3.08. The number of nitrogens with zero attached hydrogens (tertiary/aromatic N) is 1. The molecular formula is C21H24F2N4O. The lowest BCUT2D eigenvalue weighted by Crippen LogP contribution is -2.38. The molecule has 0 fully saturated rings. The second-order valence-corrected chi connectivity index (χ2v) is 6.47. The Labute approximate surface area is 162 Å². The number of hydrogen-bond donors (Lipinski definition) is 3. The number of aromatic amines is 1. The van der Waals surface area contributed by atoms with Crippen molar-refractivity contribution >= 4 is 16.9 Å². The molecule has 3 N–H and O–H groups in total. The molecule has 148 valence electrons. The number of rotatable bonds is 7. The summed E-state index contributed by atoms with van der Waals surface area (Å²) in [5.41, 5.74) is 3.88. The van der Waals surface area contributed by atoms with Crippen molar-refractivity contribution in [3.05, 3.63) is 65.4 Å². The number of alkyl halides is 2. The fourth-order valence-corrected chi connectivity index (χ4v) is 3.04. The highest BCUT2D eigenvalue weighted by Gasteiger charge is 2.10. The Kier molecular flexibility index (Phi) is 6.47. The van der Waals surface area contributed by atoms with E-state index < -0.39 is 6.61 Å². The van der Waals surface area contributed by atoms with Crippen molar-refractivity contribution in [2.45, 2.75) is 26.5 Å². The highest BCUT2D eigenvalue weighted by Crippen LogP contribution is 2.22. The SMILES string of the molecule is CN=C(NCCc1cc2ccccc2[nH]1)NCc1cc(C)ccc1OC(F)F. The fourth-order valence-electron chi connectivity index (χ4n) is 3.04. The first kappa shape index (κ1) is 19.7. The zero-order valence-electron chi connectivity index (χ0n) is 15.9. The van der Waals surface area contributed by atoms with Crippen LogP contribution in [0.3, 0.4) is 0 Å². The maximum atomic E-state index is 12.6. The normalized spacial score (nSPS) is 11.8. The first-order valence-corrected chi connectivity index (χ1v) is 9.10. The van der Waals surface area contributed by atoms with Crippen molar-refractivity contribution in [2.75, 3.05) is 13.6 Å². The molecule has 7 heteroatoms. The number of ether oxygens (including phenoxy) is 1. The Balaban J connectivity index is 1.54. The predicted octanol–water partition coefficient (Wildman–Crippen LogP) is 3.99. The molecule has 2 aromatic carbocycles. The Hall–Kier alpha value is -3.09. The van der Waals surface area contributed by atoms with Crippen LogP contribution in [0.5, 0.6) is 5.75 Å². The number of aryl methyl sites for hydroxylation is 1. The van der Waals surface area contributed by atoms with E-state index in [0.29, 0.717) is 24.6 Å². The standard InChI is InChI=1S/C21H24F2N4O/c1-14-7-8-19(28-20(22)23)16(11-14)13-26-21(24-2)25-10-9-17-12-15-5-3-4-6-18(15)27-17/h3-8,11-12,20,27H,9-10,13H2,1-2H3,(H2,24,25,26). The van der Waals surface area contributed by atoms with Gasteiger partial charge in [-0.1, -0.05) is 35.9 Å². The number of hydrogen-bond acceptors (Lipinski definition) is 2. The monoisotopic (exact) mass is 386 g/mol. The van der Waals surface area contributed by atoms with Crippen LogP contribution in [-0.2, 0) is 13.0 Å². The molecule has 0 spiro atoms. The third kappa shape index (κ3) is 5.22. The summed E-state index contributed by atoms with van der Waals surface area (Å²) >= 11 is 0. The fraction of sp³-hybridized carbons (Fsp3) is 0.286. The van der Waals surface area contributed by atoms with Gasteiger partial charge in [-0.15, -0.1) is 0 Å². The molecule has 3 rings (SSSR count). The summed E-state index contributed by atoms with van der Waals surface area (Å²) in [7, 11) is 1.67. The maximum Gasteiger partial charge on any atom is 0.387 e. The Bertz CT molecular complexity index is 919. The van der Waals surface area contributed by atoms with Gasteiger partial charge < -0.3 is 20.4 Å². The molecule has 1 heterocycles. The summed E-state index contributed by atoms with van der Waals surface area (Å²) in [4.78, 5) is 7.57. The molecule has 0 saturated heterocycles. The van der Waals surface area contributed by atoms with Crippen molar-refractivity contribution < 1.29 is 13.5 Å². The molecule has 0 radical (unpaired) electrons. The zero-order valence-corrected chi connectivity index (χ0v) is 15.9. The maximum absolute atomic E-state index is 12.6. The van der Waals surface area contributed by atoms with E-state index >= 15 is 0 Å². The van der Waals surface area contributed by atoms with Gasteiger partial charge in [0.2, 0.25) is 0 Å². The molecule has 0 aliphatic carbocycles. The van der Waals surface area contributed by atoms with E-state index in [1.165, 1.54) is 5.39 Å². The quantitative estimate of drug-likeness (QED) is 0.425. The molecule has 0 bridgehead atoms. The van der Waals surface area contributed by atoms with Crippen LogP contribution in [0.1, 0.15) is 16.8 Å². The third-order valence-corrected chi connectivity index (χ3v) is 4.37. The lowest BCUT2D eigenvalue weighted by molar-refractivity contribution is -0.0504. The molecule has 0 aliphatic heterocycles. The van der Waals surface area contributed by atoms with E-state index in [0.717, 1.165) is 23.2 Å². The summed E-state index contributed by atoms with van der Waals surface area (Å²) in [6.45, 7) is 0.0646. The van der Waals surface area contributed by atoms with Gasteiger partial charge in [0.05, 0.1) is 0 Å². The average molecular weight is 386 g/mol. The summed E-state index contributed by atoms with van der Waals surface area (Å²) in [6.07, 6.45) is 0.805. The number of benzene rings is 2. The van der Waals surface area contributed by atoms with Crippen molar-refractivity contribution in [3.63, 3.8) is 0 Å². The number of aromatic nitrogens is 1. The molecule has 0 saturated carbocycles. The largest absolute Gasteiger partial charge is 0.434 e. The minimum Gasteiger partial charge on any atom is -0.434 e. The highest BCUT2D eigenvalue weighted by molar-refractivity contribution is 5.81. The van der Waals surface area contributed by atoms with Gasteiger partial charge >= 0.3 is 6.61 Å². The van der Waals surface area contributed by atoms with Gasteiger partial charge in [0.25, 0.3) is 0 Å². The van der Waals surface area contributed by atoms with Gasteiger partial charge in [-0.3, -0.25) is 4.99 Å². The molecule has 3 aromatic rings. The van der Waals surface area contributed by atoms with Crippen molar-refractivity contribution in [2.24, 2.45) is 4.99 Å². The summed E-state index contributed by atoms with van der Waals surface area (Å²) in [5, 5.41) is 7.57. The van der Waals surface area contributed by atoms with Gasteiger partial charge in [-0.25, -0.2) is 0 Å². The topological polar surface area (TPSA) is 61.4 Å². The van der Waals surface area contributed by atoms with E-state index in [1.807, 2.05) is 31.2 Å². The molecule has 0 atom stereocenters. The van der Waals surface area contributed by atoms with Crippen LogP contribution in [-0.4, -0.2) is 31.1 Å². The number of H-pyrrole nitrogens is 1. The Morgan fingerprint density at radius 1 is 1.14 bits per heavy atom. The zero-order chi connectivity index (χ0) is 19.9. The van der Waals surface area contributed by atoms with Gasteiger partial charge in [0.15, 0.2) is 5.96 Å². The number of para-hydroxylation sites is 1. The van der Waals surface area contributed by atoms with Crippen molar-refractivity contribution in [3.8, 4) is 5.75 Å². The van der Waals surface area contributed by atoms with Crippen LogP contribution in [0.25, 0.3) is 10.9 Å². The molecule has 0 unspecified atom stereocenters. The number of aliphatic imine (C=N–C) groups is 1. The first-order valence-electron chi connectivity index (χ1n) is 9.10. The van der Waals surface area contributed by atoms with Crippen molar-refractivity contribution in [1.82, 2.24) is 15.6 Å². The smallest absolute Gasteiger partial charge is 0.387 e. The van der Waals surface area contributed by atoms with Gasteiger partial charge in [-0.2, -0.15) is 8.78 Å². The molecule has 28 heavy (non-hydrogen) atoms. The number of guanidine groups is 1. The summed E-state index contributed by atoms with van der Waals surface area (Å²) in [6, 6.07) is 15.4. The Morgan fingerprint density at radius 2 is 1.96 bits per heavy atom. The summed E-state index contributed by atoms with van der Waals surface area (Å²) < 4.78 is 29.8. The first-order chi connectivity index (χ1) is 13.5. The van der Waals surface area contributed by atoms with E-state index in [9.17, 15) is 8.78 Å². The van der Waals surface area contributed by atoms with Crippen LogP contribution in [0, 0.1) is 6.92 Å². The van der Waals surface area contributed by atoms with Crippen LogP contribution >= 0.6 is 0 Å². The third-order valence-electron chi connectivity index (χ3n) is 4.37. The molecule has 1 aromatic heterocycles. The van der Waals surface area contributed by atoms with Gasteiger partial charge in [-0.05, 0) is 30.5 Å². The van der Waals surface area contributed by atoms with Crippen LogP contribution in [0.15, 0.2) is 53.5 Å². The molecule has 0 aliphatic rings. The minimum atomic E-state index is -2.85. The molecule has 0 amide bonds. The lowest BCUT2D eigenvalue weighted by Gasteiger charge is -2.15. The number of halogens is 2. The van der Waals surface area contributed by atoms with Crippen LogP contribution in [0.2, 0.25) is 0 Å².